The minimum Gasteiger partial charge on any atom is -0.351 e. The molecule has 4 nitrogen and oxygen atoms in total. The highest BCUT2D eigenvalue weighted by Gasteiger charge is 2.16. The first-order chi connectivity index (χ1) is 7.29. The molecular formula is C10H13Cl2N3O. The van der Waals surface area contributed by atoms with E-state index in [4.69, 9.17) is 23.2 Å². The minimum atomic E-state index is -0.295. The van der Waals surface area contributed by atoms with E-state index in [0.717, 1.165) is 0 Å². The summed E-state index contributed by atoms with van der Waals surface area (Å²) in [6.07, 6.45) is 0. The van der Waals surface area contributed by atoms with Crippen LogP contribution in [0.25, 0.3) is 0 Å². The summed E-state index contributed by atoms with van der Waals surface area (Å²) >= 11 is 11.4. The summed E-state index contributed by atoms with van der Waals surface area (Å²) in [5.74, 6) is -0.295. The molecule has 1 amide bonds. The molecule has 0 spiro atoms. The maximum absolute atomic E-state index is 11.7. The summed E-state index contributed by atoms with van der Waals surface area (Å²) in [7, 11) is 0. The van der Waals surface area contributed by atoms with Gasteiger partial charge in [-0.15, -0.1) is 10.2 Å². The van der Waals surface area contributed by atoms with Crippen molar-refractivity contribution in [2.24, 2.45) is 5.41 Å². The fourth-order valence-electron chi connectivity index (χ4n) is 0.953. The first-order valence-electron chi connectivity index (χ1n) is 4.76. The van der Waals surface area contributed by atoms with E-state index in [1.165, 1.54) is 6.07 Å². The van der Waals surface area contributed by atoms with Crippen molar-refractivity contribution in [1.82, 2.24) is 15.5 Å². The van der Waals surface area contributed by atoms with Gasteiger partial charge in [0.1, 0.15) is 0 Å². The second-order valence-corrected chi connectivity index (χ2v) is 5.36. The Hall–Kier alpha value is -0.870. The lowest BCUT2D eigenvalue weighted by Crippen LogP contribution is -2.32. The topological polar surface area (TPSA) is 54.9 Å². The molecule has 0 unspecified atom stereocenters. The number of amides is 1. The fraction of sp³-hybridized carbons (Fsp3) is 0.500. The van der Waals surface area contributed by atoms with Gasteiger partial charge in [-0.25, -0.2) is 0 Å². The third-order valence-corrected chi connectivity index (χ3v) is 2.21. The van der Waals surface area contributed by atoms with Gasteiger partial charge in [0.05, 0.1) is 5.56 Å². The van der Waals surface area contributed by atoms with Crippen LogP contribution in [0, 0.1) is 5.41 Å². The van der Waals surface area contributed by atoms with Gasteiger partial charge in [-0.3, -0.25) is 4.79 Å². The summed E-state index contributed by atoms with van der Waals surface area (Å²) in [5, 5.41) is 10.1. The normalized spacial score (nSPS) is 11.3. The molecule has 0 aliphatic rings. The molecule has 1 aromatic heterocycles. The van der Waals surface area contributed by atoms with E-state index in [1.54, 1.807) is 0 Å². The molecule has 16 heavy (non-hydrogen) atoms. The molecule has 1 aromatic rings. The number of nitrogens with zero attached hydrogens (tertiary/aromatic N) is 2. The largest absolute Gasteiger partial charge is 0.351 e. The SMILES string of the molecule is CC(C)(C)CNC(=O)c1cc(Cl)nnc1Cl. The number of aromatic nitrogens is 2. The van der Waals surface area contributed by atoms with E-state index in [-0.39, 0.29) is 27.2 Å². The zero-order valence-corrected chi connectivity index (χ0v) is 10.9. The monoisotopic (exact) mass is 261 g/mol. The van der Waals surface area contributed by atoms with Crippen LogP contribution in [0.3, 0.4) is 0 Å². The maximum atomic E-state index is 11.7. The highest BCUT2D eigenvalue weighted by atomic mass is 35.5. The smallest absolute Gasteiger partial charge is 0.254 e. The van der Waals surface area contributed by atoms with Crippen molar-refractivity contribution in [3.8, 4) is 0 Å². The number of rotatable bonds is 2. The van der Waals surface area contributed by atoms with Crippen molar-refractivity contribution in [2.45, 2.75) is 20.8 Å². The number of carbonyl (C=O) groups excluding carboxylic acids is 1. The molecule has 88 valence electrons. The Morgan fingerprint density at radius 3 is 2.56 bits per heavy atom. The summed E-state index contributed by atoms with van der Waals surface area (Å²) in [6.45, 7) is 6.61. The zero-order chi connectivity index (χ0) is 12.3. The van der Waals surface area contributed by atoms with Crippen molar-refractivity contribution in [1.29, 1.82) is 0 Å². The Morgan fingerprint density at radius 1 is 1.38 bits per heavy atom. The zero-order valence-electron chi connectivity index (χ0n) is 9.34. The highest BCUT2D eigenvalue weighted by molar-refractivity contribution is 6.34. The summed E-state index contributed by atoms with van der Waals surface area (Å²) < 4.78 is 0. The van der Waals surface area contributed by atoms with Crippen LogP contribution in [-0.4, -0.2) is 22.6 Å². The molecule has 1 heterocycles. The van der Waals surface area contributed by atoms with Crippen LogP contribution >= 0.6 is 23.2 Å². The minimum absolute atomic E-state index is 0.00634. The second-order valence-electron chi connectivity index (χ2n) is 4.61. The van der Waals surface area contributed by atoms with Crippen LogP contribution in [-0.2, 0) is 0 Å². The van der Waals surface area contributed by atoms with E-state index in [9.17, 15) is 4.79 Å². The Morgan fingerprint density at radius 2 is 2.00 bits per heavy atom. The number of halogens is 2. The van der Waals surface area contributed by atoms with Gasteiger partial charge in [0.25, 0.3) is 5.91 Å². The second kappa shape index (κ2) is 4.97. The van der Waals surface area contributed by atoms with Crippen molar-refractivity contribution in [3.63, 3.8) is 0 Å². The molecule has 0 atom stereocenters. The van der Waals surface area contributed by atoms with Gasteiger partial charge in [-0.05, 0) is 11.5 Å². The third-order valence-electron chi connectivity index (χ3n) is 1.74. The average Bonchev–Trinajstić information content (AvgIpc) is 2.17. The number of nitrogens with one attached hydrogen (secondary N) is 1. The van der Waals surface area contributed by atoms with Gasteiger partial charge >= 0.3 is 0 Å². The van der Waals surface area contributed by atoms with Crippen LogP contribution in [0.4, 0.5) is 0 Å². The molecule has 0 saturated heterocycles. The van der Waals surface area contributed by atoms with E-state index in [1.807, 2.05) is 20.8 Å². The van der Waals surface area contributed by atoms with Gasteiger partial charge in [-0.2, -0.15) is 0 Å². The van der Waals surface area contributed by atoms with Crippen LogP contribution in [0.1, 0.15) is 31.1 Å². The molecule has 0 bridgehead atoms. The van der Waals surface area contributed by atoms with Gasteiger partial charge in [0, 0.05) is 6.54 Å². The molecule has 0 saturated carbocycles. The van der Waals surface area contributed by atoms with Crippen molar-refractivity contribution in [3.05, 3.63) is 21.9 Å². The Balaban J connectivity index is 2.77. The van der Waals surface area contributed by atoms with Crippen LogP contribution in [0.5, 0.6) is 0 Å². The van der Waals surface area contributed by atoms with Crippen LogP contribution in [0.2, 0.25) is 10.3 Å². The van der Waals surface area contributed by atoms with Crippen LogP contribution < -0.4 is 5.32 Å². The summed E-state index contributed by atoms with van der Waals surface area (Å²) in [4.78, 5) is 11.7. The van der Waals surface area contributed by atoms with Crippen LogP contribution in [0.15, 0.2) is 6.07 Å². The predicted molar refractivity (Wildman–Crippen MR) is 63.8 cm³/mol. The van der Waals surface area contributed by atoms with Crippen molar-refractivity contribution in [2.75, 3.05) is 6.54 Å². The highest BCUT2D eigenvalue weighted by Crippen LogP contribution is 2.16. The first kappa shape index (κ1) is 13.2. The third kappa shape index (κ3) is 3.94. The Labute approximate surface area is 104 Å². The first-order valence-corrected chi connectivity index (χ1v) is 5.52. The molecule has 1 rings (SSSR count). The molecule has 1 N–H and O–H groups in total. The standard InChI is InChI=1S/C10H13Cl2N3O/c1-10(2,3)5-13-9(16)6-4-7(11)14-15-8(6)12/h4H,5H2,1-3H3,(H,13,16). The predicted octanol–water partition coefficient (Wildman–Crippen LogP) is 2.56. The lowest BCUT2D eigenvalue weighted by molar-refractivity contribution is 0.0939. The van der Waals surface area contributed by atoms with Crippen molar-refractivity contribution < 1.29 is 4.79 Å². The van der Waals surface area contributed by atoms with Crippen molar-refractivity contribution >= 4 is 29.1 Å². The van der Waals surface area contributed by atoms with Gasteiger partial charge in [-0.1, -0.05) is 44.0 Å². The summed E-state index contributed by atoms with van der Waals surface area (Å²) in [6, 6.07) is 1.40. The molecule has 0 aliphatic carbocycles. The average molecular weight is 262 g/mol. The molecule has 0 aliphatic heterocycles. The van der Waals surface area contributed by atoms with E-state index in [0.29, 0.717) is 6.54 Å². The molecule has 0 fully saturated rings. The van der Waals surface area contributed by atoms with Gasteiger partial charge in [0.2, 0.25) is 0 Å². The molecule has 6 heteroatoms. The van der Waals surface area contributed by atoms with E-state index < -0.39 is 0 Å². The molecular weight excluding hydrogens is 249 g/mol. The molecule has 0 radical (unpaired) electrons. The van der Waals surface area contributed by atoms with E-state index in [2.05, 4.69) is 15.5 Å². The quantitative estimate of drug-likeness (QED) is 0.891. The Bertz CT molecular complexity index is 402. The molecule has 0 aromatic carbocycles. The van der Waals surface area contributed by atoms with E-state index >= 15 is 0 Å². The lowest BCUT2D eigenvalue weighted by Gasteiger charge is -2.18. The number of hydrogen-bond donors (Lipinski definition) is 1. The number of hydrogen-bond acceptors (Lipinski definition) is 3. The maximum Gasteiger partial charge on any atom is 0.254 e. The number of carbonyl (C=O) groups is 1. The fourth-order valence-corrected chi connectivity index (χ4v) is 1.28. The summed E-state index contributed by atoms with van der Waals surface area (Å²) in [5.41, 5.74) is 0.248. The van der Waals surface area contributed by atoms with Gasteiger partial charge in [0.15, 0.2) is 10.3 Å². The van der Waals surface area contributed by atoms with Gasteiger partial charge < -0.3 is 5.32 Å². The lowest BCUT2D eigenvalue weighted by atomic mass is 9.97. The Kier molecular flexibility index (Phi) is 4.10.